The number of nitrogens with zero attached hydrogens (tertiary/aromatic N) is 4. The summed E-state index contributed by atoms with van der Waals surface area (Å²) in [6.07, 6.45) is 7.30. The average Bonchev–Trinajstić information content (AvgIpc) is 3.27. The maximum atomic E-state index is 12.4. The van der Waals surface area contributed by atoms with E-state index >= 15 is 0 Å². The van der Waals surface area contributed by atoms with E-state index in [1.807, 2.05) is 10.9 Å². The first-order valence-electron chi connectivity index (χ1n) is 8.94. The van der Waals surface area contributed by atoms with Crippen LogP contribution in [0, 0.1) is 5.92 Å². The second kappa shape index (κ2) is 7.86. The second-order valence-electron chi connectivity index (χ2n) is 7.01. The van der Waals surface area contributed by atoms with Gasteiger partial charge >= 0.3 is 6.03 Å². The van der Waals surface area contributed by atoms with Gasteiger partial charge in [-0.25, -0.2) is 4.79 Å². The van der Waals surface area contributed by atoms with Gasteiger partial charge in [-0.15, -0.1) is 0 Å². The third kappa shape index (κ3) is 4.50. The third-order valence-corrected chi connectivity index (χ3v) is 4.83. The highest BCUT2D eigenvalue weighted by molar-refractivity contribution is 5.92. The van der Waals surface area contributed by atoms with Crippen LogP contribution in [0.5, 0.6) is 0 Å². The first-order valence-corrected chi connectivity index (χ1v) is 8.94. The molecule has 138 valence electrons. The molecule has 8 heteroatoms. The van der Waals surface area contributed by atoms with E-state index in [4.69, 9.17) is 4.74 Å². The fraction of sp³-hybridized carbons (Fsp3) is 0.706. The number of hydrogen-bond donors (Lipinski definition) is 1. The number of hydrogen-bond acceptors (Lipinski definition) is 4. The van der Waals surface area contributed by atoms with Gasteiger partial charge < -0.3 is 19.9 Å². The zero-order chi connectivity index (χ0) is 17.8. The van der Waals surface area contributed by atoms with Crippen LogP contribution in [0.15, 0.2) is 12.4 Å². The van der Waals surface area contributed by atoms with Crippen LogP contribution in [0.4, 0.5) is 10.5 Å². The number of urea groups is 1. The molecule has 25 heavy (non-hydrogen) atoms. The Bertz CT molecular complexity index is 601. The Kier molecular flexibility index (Phi) is 5.57. The molecule has 1 unspecified atom stereocenters. The first kappa shape index (κ1) is 17.7. The van der Waals surface area contributed by atoms with E-state index < -0.39 is 0 Å². The van der Waals surface area contributed by atoms with E-state index in [2.05, 4.69) is 10.4 Å². The summed E-state index contributed by atoms with van der Waals surface area (Å²) in [5.41, 5.74) is 0.717. The van der Waals surface area contributed by atoms with Crippen LogP contribution in [0.25, 0.3) is 0 Å². The number of ether oxygens (including phenoxy) is 1. The van der Waals surface area contributed by atoms with E-state index in [1.54, 1.807) is 30.1 Å². The van der Waals surface area contributed by atoms with Gasteiger partial charge in [-0.1, -0.05) is 0 Å². The molecule has 0 saturated carbocycles. The van der Waals surface area contributed by atoms with Crippen LogP contribution >= 0.6 is 0 Å². The number of rotatable bonds is 4. The van der Waals surface area contributed by atoms with Crippen molar-refractivity contribution in [2.75, 3.05) is 39.1 Å². The molecule has 2 fully saturated rings. The van der Waals surface area contributed by atoms with Gasteiger partial charge in [0.05, 0.1) is 24.5 Å². The fourth-order valence-electron chi connectivity index (χ4n) is 3.39. The van der Waals surface area contributed by atoms with E-state index in [0.717, 1.165) is 31.7 Å². The van der Waals surface area contributed by atoms with Crippen molar-refractivity contribution in [3.8, 4) is 0 Å². The Hall–Kier alpha value is -2.09. The van der Waals surface area contributed by atoms with Crippen LogP contribution < -0.4 is 5.32 Å². The zero-order valence-corrected chi connectivity index (χ0v) is 15.0. The standard InChI is InChI=1S/C17H27N5O3/c1-20(2)17(24)21-7-5-13(6-8-21)16(23)19-14-10-18-22(11-14)12-15-4-3-9-25-15/h10-11,13,15H,3-9,12H2,1-2H3,(H,19,23). The van der Waals surface area contributed by atoms with Crippen molar-refractivity contribution in [3.05, 3.63) is 12.4 Å². The summed E-state index contributed by atoms with van der Waals surface area (Å²) < 4.78 is 7.43. The Balaban J connectivity index is 1.46. The molecule has 2 aliphatic rings. The Morgan fingerprint density at radius 3 is 2.72 bits per heavy atom. The zero-order valence-electron chi connectivity index (χ0n) is 15.0. The molecule has 8 nitrogen and oxygen atoms in total. The van der Waals surface area contributed by atoms with Crippen LogP contribution in [0.2, 0.25) is 0 Å². The van der Waals surface area contributed by atoms with Gasteiger partial charge in [0.15, 0.2) is 0 Å². The maximum absolute atomic E-state index is 12.4. The minimum Gasteiger partial charge on any atom is -0.376 e. The fourth-order valence-corrected chi connectivity index (χ4v) is 3.39. The molecule has 3 rings (SSSR count). The summed E-state index contributed by atoms with van der Waals surface area (Å²) in [4.78, 5) is 27.8. The van der Waals surface area contributed by atoms with Gasteiger partial charge in [-0.2, -0.15) is 5.10 Å². The van der Waals surface area contributed by atoms with E-state index in [-0.39, 0.29) is 24.0 Å². The van der Waals surface area contributed by atoms with Gasteiger partial charge in [0.25, 0.3) is 0 Å². The predicted molar refractivity (Wildman–Crippen MR) is 93.2 cm³/mol. The number of anilines is 1. The smallest absolute Gasteiger partial charge is 0.319 e. The minimum absolute atomic E-state index is 0.00798. The highest BCUT2D eigenvalue weighted by Crippen LogP contribution is 2.20. The van der Waals surface area contributed by atoms with Gasteiger partial charge in [0.1, 0.15) is 0 Å². The number of aromatic nitrogens is 2. The van der Waals surface area contributed by atoms with Crippen molar-refractivity contribution in [2.24, 2.45) is 5.92 Å². The molecule has 2 aliphatic heterocycles. The van der Waals surface area contributed by atoms with Crippen molar-refractivity contribution in [3.63, 3.8) is 0 Å². The van der Waals surface area contributed by atoms with Crippen LogP contribution in [-0.2, 0) is 16.1 Å². The Morgan fingerprint density at radius 1 is 1.32 bits per heavy atom. The lowest BCUT2D eigenvalue weighted by atomic mass is 9.96. The number of carbonyl (C=O) groups excluding carboxylic acids is 2. The molecule has 0 bridgehead atoms. The summed E-state index contributed by atoms with van der Waals surface area (Å²) in [7, 11) is 3.49. The number of carbonyl (C=O) groups is 2. The average molecular weight is 349 g/mol. The van der Waals surface area contributed by atoms with E-state index in [1.165, 1.54) is 0 Å². The normalized spacial score (nSPS) is 21.4. The molecule has 2 saturated heterocycles. The van der Waals surface area contributed by atoms with E-state index in [9.17, 15) is 9.59 Å². The minimum atomic E-state index is -0.0623. The lowest BCUT2D eigenvalue weighted by Gasteiger charge is -2.32. The van der Waals surface area contributed by atoms with Crippen molar-refractivity contribution in [2.45, 2.75) is 38.3 Å². The Morgan fingerprint density at radius 2 is 2.08 bits per heavy atom. The highest BCUT2D eigenvalue weighted by Gasteiger charge is 2.28. The summed E-state index contributed by atoms with van der Waals surface area (Å²) >= 11 is 0. The van der Waals surface area contributed by atoms with Crippen LogP contribution in [0.1, 0.15) is 25.7 Å². The van der Waals surface area contributed by atoms with Gasteiger partial charge in [-0.05, 0) is 25.7 Å². The van der Waals surface area contributed by atoms with Gasteiger partial charge in [0.2, 0.25) is 5.91 Å². The molecule has 1 aromatic heterocycles. The molecule has 3 amide bonds. The van der Waals surface area contributed by atoms with E-state index in [0.29, 0.717) is 25.9 Å². The molecule has 0 spiro atoms. The van der Waals surface area contributed by atoms with Gasteiger partial charge in [-0.3, -0.25) is 9.48 Å². The van der Waals surface area contributed by atoms with Crippen molar-refractivity contribution >= 4 is 17.6 Å². The van der Waals surface area contributed by atoms with Crippen LogP contribution in [-0.4, -0.2) is 71.4 Å². The summed E-state index contributed by atoms with van der Waals surface area (Å²) in [6.45, 7) is 2.78. The molecule has 0 aliphatic carbocycles. The second-order valence-corrected chi connectivity index (χ2v) is 7.01. The van der Waals surface area contributed by atoms with Crippen molar-refractivity contribution in [1.82, 2.24) is 19.6 Å². The molecule has 1 N–H and O–H groups in total. The monoisotopic (exact) mass is 349 g/mol. The molecule has 1 aromatic rings. The number of piperidine rings is 1. The van der Waals surface area contributed by atoms with Crippen LogP contribution in [0.3, 0.4) is 0 Å². The molecular formula is C17H27N5O3. The van der Waals surface area contributed by atoms with Gasteiger partial charge in [0, 0.05) is 45.9 Å². The SMILES string of the molecule is CN(C)C(=O)N1CCC(C(=O)Nc2cnn(CC3CCCO3)c2)CC1. The number of nitrogens with one attached hydrogen (secondary N) is 1. The Labute approximate surface area is 148 Å². The summed E-state index contributed by atoms with van der Waals surface area (Å²) in [5.74, 6) is -0.0543. The maximum Gasteiger partial charge on any atom is 0.319 e. The topological polar surface area (TPSA) is 79.7 Å². The predicted octanol–water partition coefficient (Wildman–Crippen LogP) is 1.39. The van der Waals surface area contributed by atoms with Crippen molar-refractivity contribution < 1.29 is 14.3 Å². The summed E-state index contributed by atoms with van der Waals surface area (Å²) in [6, 6.07) is 0.00858. The lowest BCUT2D eigenvalue weighted by molar-refractivity contribution is -0.121. The number of likely N-dealkylation sites (tertiary alicyclic amines) is 1. The molecular weight excluding hydrogens is 322 g/mol. The molecule has 0 aromatic carbocycles. The molecule has 0 radical (unpaired) electrons. The highest BCUT2D eigenvalue weighted by atomic mass is 16.5. The first-order chi connectivity index (χ1) is 12.0. The quantitative estimate of drug-likeness (QED) is 0.891. The number of amides is 3. The summed E-state index contributed by atoms with van der Waals surface area (Å²) in [5, 5.41) is 7.24. The largest absolute Gasteiger partial charge is 0.376 e. The van der Waals surface area contributed by atoms with Crippen molar-refractivity contribution in [1.29, 1.82) is 0 Å². The lowest BCUT2D eigenvalue weighted by Crippen LogP contribution is -2.45. The molecule has 3 heterocycles. The third-order valence-electron chi connectivity index (χ3n) is 4.83. The molecule has 1 atom stereocenters.